The molecule has 23 heavy (non-hydrogen) atoms. The summed E-state index contributed by atoms with van der Waals surface area (Å²) >= 11 is 0. The minimum atomic E-state index is -1.26. The van der Waals surface area contributed by atoms with Crippen molar-refractivity contribution in [1.82, 2.24) is 10.4 Å². The predicted octanol–water partition coefficient (Wildman–Crippen LogP) is 2.02. The van der Waals surface area contributed by atoms with Gasteiger partial charge in [0.2, 0.25) is 0 Å². The molecule has 6 nitrogen and oxygen atoms in total. The Morgan fingerprint density at radius 3 is 2.61 bits per heavy atom. The topological polar surface area (TPSA) is 52.2 Å². The fourth-order valence-electron chi connectivity index (χ4n) is 2.46. The molecule has 0 radical (unpaired) electrons. The van der Waals surface area contributed by atoms with E-state index in [1.54, 1.807) is 7.11 Å². The van der Waals surface area contributed by atoms with Crippen molar-refractivity contribution in [2.45, 2.75) is 32.3 Å². The van der Waals surface area contributed by atoms with Crippen LogP contribution in [0.3, 0.4) is 0 Å². The summed E-state index contributed by atoms with van der Waals surface area (Å²) in [6.07, 6.45) is 0. The third-order valence-corrected chi connectivity index (χ3v) is 3.81. The van der Waals surface area contributed by atoms with Gasteiger partial charge in [-0.25, -0.2) is 4.84 Å². The number of para-hydroxylation sites is 1. The van der Waals surface area contributed by atoms with E-state index in [2.05, 4.69) is 19.2 Å². The summed E-state index contributed by atoms with van der Waals surface area (Å²) in [5, 5.41) is 5.28. The largest absolute Gasteiger partial charge is 0.485 e. The molecule has 1 atom stereocenters. The zero-order valence-corrected chi connectivity index (χ0v) is 14.5. The van der Waals surface area contributed by atoms with E-state index in [0.29, 0.717) is 6.61 Å². The van der Waals surface area contributed by atoms with Crippen molar-refractivity contribution in [3.63, 3.8) is 0 Å². The number of rotatable bonds is 8. The van der Waals surface area contributed by atoms with Gasteiger partial charge in [-0.3, -0.25) is 0 Å². The van der Waals surface area contributed by atoms with Gasteiger partial charge in [-0.15, -0.1) is 0 Å². The SMILES string of the molecule is CCOC(COc1ccccc1)(OC)ON1CCNCC1(C)C. The average Bonchev–Trinajstić information content (AvgIpc) is 2.55. The van der Waals surface area contributed by atoms with Crippen LogP contribution < -0.4 is 10.1 Å². The van der Waals surface area contributed by atoms with Crippen molar-refractivity contribution < 1.29 is 19.0 Å². The maximum absolute atomic E-state index is 6.13. The zero-order chi connectivity index (χ0) is 16.8. The van der Waals surface area contributed by atoms with Crippen molar-refractivity contribution in [2.24, 2.45) is 0 Å². The first-order chi connectivity index (χ1) is 11.0. The van der Waals surface area contributed by atoms with Gasteiger partial charge >= 0.3 is 5.97 Å². The molecule has 1 aliphatic rings. The average molecular weight is 324 g/mol. The van der Waals surface area contributed by atoms with E-state index in [9.17, 15) is 0 Å². The summed E-state index contributed by atoms with van der Waals surface area (Å²) in [4.78, 5) is 6.13. The van der Waals surface area contributed by atoms with Gasteiger partial charge in [-0.2, -0.15) is 5.06 Å². The molecule has 0 aliphatic carbocycles. The molecule has 1 aromatic rings. The Labute approximate surface area is 138 Å². The highest BCUT2D eigenvalue weighted by atomic mass is 16.9. The molecule has 6 heteroatoms. The normalized spacial score (nSPS) is 20.9. The Kier molecular flexibility index (Phi) is 6.38. The summed E-state index contributed by atoms with van der Waals surface area (Å²) in [5.74, 6) is -0.518. The maximum Gasteiger partial charge on any atom is 0.335 e. The molecule has 1 aliphatic heterocycles. The van der Waals surface area contributed by atoms with Crippen molar-refractivity contribution in [3.05, 3.63) is 30.3 Å². The number of ether oxygens (including phenoxy) is 3. The number of benzene rings is 1. The second kappa shape index (κ2) is 8.08. The number of hydrogen-bond acceptors (Lipinski definition) is 6. The molecule has 0 saturated carbocycles. The maximum atomic E-state index is 6.13. The lowest BCUT2D eigenvalue weighted by atomic mass is 10.0. The molecular formula is C17H28N2O4. The number of methoxy groups -OCH3 is 1. The molecule has 2 rings (SSSR count). The van der Waals surface area contributed by atoms with Gasteiger partial charge in [0.05, 0.1) is 5.54 Å². The Balaban J connectivity index is 2.07. The lowest BCUT2D eigenvalue weighted by molar-refractivity contribution is -0.461. The molecule has 0 amide bonds. The Bertz CT molecular complexity index is 469. The van der Waals surface area contributed by atoms with Gasteiger partial charge in [-0.1, -0.05) is 18.2 Å². The van der Waals surface area contributed by atoms with Crippen LogP contribution in [0, 0.1) is 0 Å². The van der Waals surface area contributed by atoms with Crippen LogP contribution in [0.1, 0.15) is 20.8 Å². The lowest BCUT2D eigenvalue weighted by Gasteiger charge is -2.45. The molecule has 1 heterocycles. The molecule has 1 aromatic carbocycles. The van der Waals surface area contributed by atoms with Crippen LogP contribution in [-0.4, -0.2) is 56.5 Å². The highest BCUT2D eigenvalue weighted by Gasteiger charge is 2.42. The van der Waals surface area contributed by atoms with Crippen molar-refractivity contribution >= 4 is 0 Å². The van der Waals surface area contributed by atoms with E-state index in [1.165, 1.54) is 0 Å². The van der Waals surface area contributed by atoms with Crippen LogP contribution in [0.15, 0.2) is 30.3 Å². The molecule has 0 aromatic heterocycles. The standard InChI is InChI=1S/C17H28N2O4/c1-5-22-17(20-4,14-21-15-9-7-6-8-10-15)23-19-12-11-18-13-16(19,2)3/h6-10,18H,5,11-14H2,1-4H3. The molecule has 1 fully saturated rings. The zero-order valence-electron chi connectivity index (χ0n) is 14.5. The first kappa shape index (κ1) is 18.2. The van der Waals surface area contributed by atoms with Gasteiger partial charge in [0, 0.05) is 33.4 Å². The fourth-order valence-corrected chi connectivity index (χ4v) is 2.46. The van der Waals surface area contributed by atoms with Crippen LogP contribution >= 0.6 is 0 Å². The summed E-state index contributed by atoms with van der Waals surface area (Å²) in [7, 11) is 1.57. The van der Waals surface area contributed by atoms with Crippen LogP contribution in [-0.2, 0) is 14.3 Å². The monoisotopic (exact) mass is 324 g/mol. The fraction of sp³-hybridized carbons (Fsp3) is 0.647. The van der Waals surface area contributed by atoms with Crippen LogP contribution in [0.4, 0.5) is 0 Å². The number of nitrogens with one attached hydrogen (secondary N) is 1. The van der Waals surface area contributed by atoms with Gasteiger partial charge in [-0.05, 0) is 32.9 Å². The predicted molar refractivity (Wildman–Crippen MR) is 88.0 cm³/mol. The van der Waals surface area contributed by atoms with E-state index in [-0.39, 0.29) is 12.1 Å². The summed E-state index contributed by atoms with van der Waals surface area (Å²) < 4.78 is 17.1. The van der Waals surface area contributed by atoms with Crippen LogP contribution in [0.2, 0.25) is 0 Å². The first-order valence-electron chi connectivity index (χ1n) is 8.06. The van der Waals surface area contributed by atoms with Crippen LogP contribution in [0.5, 0.6) is 5.75 Å². The summed E-state index contributed by atoms with van der Waals surface area (Å²) in [6, 6.07) is 9.57. The molecule has 1 unspecified atom stereocenters. The van der Waals surface area contributed by atoms with Crippen molar-refractivity contribution in [2.75, 3.05) is 40.0 Å². The number of hydroxylamine groups is 2. The second-order valence-corrected chi connectivity index (χ2v) is 6.10. The molecule has 0 spiro atoms. The van der Waals surface area contributed by atoms with Gasteiger partial charge < -0.3 is 19.5 Å². The van der Waals surface area contributed by atoms with Gasteiger partial charge in [0.15, 0.2) is 6.61 Å². The lowest BCUT2D eigenvalue weighted by Crippen LogP contribution is -2.62. The highest BCUT2D eigenvalue weighted by molar-refractivity contribution is 5.20. The van der Waals surface area contributed by atoms with E-state index in [4.69, 9.17) is 19.0 Å². The molecule has 1 N–H and O–H groups in total. The van der Waals surface area contributed by atoms with Crippen LogP contribution in [0.25, 0.3) is 0 Å². The third kappa shape index (κ3) is 4.89. The molecule has 1 saturated heterocycles. The van der Waals surface area contributed by atoms with E-state index in [1.807, 2.05) is 42.3 Å². The van der Waals surface area contributed by atoms with E-state index in [0.717, 1.165) is 25.4 Å². The van der Waals surface area contributed by atoms with Gasteiger partial charge in [0.25, 0.3) is 0 Å². The van der Waals surface area contributed by atoms with Crippen molar-refractivity contribution in [1.29, 1.82) is 0 Å². The van der Waals surface area contributed by atoms with Gasteiger partial charge in [0.1, 0.15) is 5.75 Å². The van der Waals surface area contributed by atoms with E-state index >= 15 is 0 Å². The summed E-state index contributed by atoms with van der Waals surface area (Å²) in [5.41, 5.74) is -0.161. The minimum absolute atomic E-state index is 0.140. The number of piperazine rings is 1. The smallest absolute Gasteiger partial charge is 0.335 e. The second-order valence-electron chi connectivity index (χ2n) is 6.10. The van der Waals surface area contributed by atoms with E-state index < -0.39 is 5.97 Å². The Morgan fingerprint density at radius 2 is 2.00 bits per heavy atom. The summed E-state index contributed by atoms with van der Waals surface area (Å²) in [6.45, 7) is 9.17. The quantitative estimate of drug-likeness (QED) is 0.738. The molecule has 0 bridgehead atoms. The third-order valence-electron chi connectivity index (χ3n) is 3.81. The Morgan fingerprint density at radius 1 is 1.26 bits per heavy atom. The molecule has 130 valence electrons. The first-order valence-corrected chi connectivity index (χ1v) is 8.06. The minimum Gasteiger partial charge on any atom is -0.485 e. The molecular weight excluding hydrogens is 296 g/mol. The highest BCUT2D eigenvalue weighted by Crippen LogP contribution is 2.25. The number of nitrogens with zero attached hydrogens (tertiary/aromatic N) is 1. The Hall–Kier alpha value is -1.18. The number of hydrogen-bond donors (Lipinski definition) is 1. The van der Waals surface area contributed by atoms with Crippen molar-refractivity contribution in [3.8, 4) is 5.75 Å².